The quantitative estimate of drug-likeness (QED) is 0.608. The molecule has 0 bridgehead atoms. The fourth-order valence-electron chi connectivity index (χ4n) is 3.00. The maximum atomic E-state index is 11.2. The molecule has 1 aliphatic carbocycles. The molecule has 0 radical (unpaired) electrons. The molecule has 1 aliphatic heterocycles. The highest BCUT2D eigenvalue weighted by molar-refractivity contribution is 5.79. The van der Waals surface area contributed by atoms with Crippen LogP contribution in [0.3, 0.4) is 0 Å². The highest BCUT2D eigenvalue weighted by Gasteiger charge is 2.45. The van der Waals surface area contributed by atoms with E-state index in [-0.39, 0.29) is 5.91 Å². The highest BCUT2D eigenvalue weighted by atomic mass is 16.1. The highest BCUT2D eigenvalue weighted by Crippen LogP contribution is 2.47. The molecule has 13 heavy (non-hydrogen) atoms. The van der Waals surface area contributed by atoms with E-state index >= 15 is 0 Å². The molecule has 1 amide bonds. The first-order valence-electron chi connectivity index (χ1n) is 5.39. The monoisotopic (exact) mass is 181 g/mol. The molecular formula is C11H19NO. The van der Waals surface area contributed by atoms with Gasteiger partial charge in [-0.25, -0.2) is 0 Å². The predicted molar refractivity (Wildman–Crippen MR) is 52.2 cm³/mol. The summed E-state index contributed by atoms with van der Waals surface area (Å²) < 4.78 is 0. The molecule has 1 N–H and O–H groups in total. The Labute approximate surface area is 80.1 Å². The van der Waals surface area contributed by atoms with Crippen molar-refractivity contribution in [3.05, 3.63) is 0 Å². The van der Waals surface area contributed by atoms with E-state index in [1.54, 1.807) is 0 Å². The fourth-order valence-corrected chi connectivity index (χ4v) is 3.00. The first-order valence-corrected chi connectivity index (χ1v) is 5.39. The Morgan fingerprint density at radius 3 is 2.77 bits per heavy atom. The molecule has 74 valence electrons. The normalized spacial score (nSPS) is 45.2. The van der Waals surface area contributed by atoms with Crippen LogP contribution in [0.2, 0.25) is 0 Å². The summed E-state index contributed by atoms with van der Waals surface area (Å²) in [4.78, 5) is 11.2. The molecule has 3 atom stereocenters. The SMILES string of the molecule is CC1CCC2(CNC(=O)C2)C(C)C1. The van der Waals surface area contributed by atoms with E-state index in [2.05, 4.69) is 19.2 Å². The molecule has 2 heteroatoms. The average Bonchev–Trinajstić information content (AvgIpc) is 2.43. The molecule has 1 saturated heterocycles. The summed E-state index contributed by atoms with van der Waals surface area (Å²) in [6, 6.07) is 0. The number of carbonyl (C=O) groups is 1. The van der Waals surface area contributed by atoms with Crippen LogP contribution in [0.1, 0.15) is 39.5 Å². The second-order valence-corrected chi connectivity index (χ2v) is 5.10. The van der Waals surface area contributed by atoms with Gasteiger partial charge in [0.1, 0.15) is 0 Å². The lowest BCUT2D eigenvalue weighted by molar-refractivity contribution is -0.120. The van der Waals surface area contributed by atoms with Crippen LogP contribution in [-0.2, 0) is 4.79 Å². The van der Waals surface area contributed by atoms with E-state index in [9.17, 15) is 4.79 Å². The largest absolute Gasteiger partial charge is 0.356 e. The van der Waals surface area contributed by atoms with Gasteiger partial charge in [0.15, 0.2) is 0 Å². The Morgan fingerprint density at radius 2 is 2.23 bits per heavy atom. The fraction of sp³-hybridized carbons (Fsp3) is 0.909. The molecule has 1 spiro atoms. The summed E-state index contributed by atoms with van der Waals surface area (Å²) in [5.41, 5.74) is 0.323. The second kappa shape index (κ2) is 3.00. The molecule has 0 aromatic rings. The number of carbonyl (C=O) groups excluding carboxylic acids is 1. The van der Waals surface area contributed by atoms with Crippen molar-refractivity contribution in [2.75, 3.05) is 6.54 Å². The van der Waals surface area contributed by atoms with Gasteiger partial charge < -0.3 is 5.32 Å². The molecule has 2 rings (SSSR count). The average molecular weight is 181 g/mol. The lowest BCUT2D eigenvalue weighted by atomic mass is 9.64. The third kappa shape index (κ3) is 1.47. The van der Waals surface area contributed by atoms with Crippen LogP contribution in [0, 0.1) is 17.3 Å². The summed E-state index contributed by atoms with van der Waals surface area (Å²) in [5, 5.41) is 2.99. The van der Waals surface area contributed by atoms with Crippen molar-refractivity contribution in [2.45, 2.75) is 39.5 Å². The van der Waals surface area contributed by atoms with Crippen LogP contribution in [0.4, 0.5) is 0 Å². The van der Waals surface area contributed by atoms with Gasteiger partial charge in [-0.3, -0.25) is 4.79 Å². The molecular weight excluding hydrogens is 162 g/mol. The van der Waals surface area contributed by atoms with Crippen molar-refractivity contribution in [1.29, 1.82) is 0 Å². The zero-order valence-corrected chi connectivity index (χ0v) is 8.60. The van der Waals surface area contributed by atoms with Crippen molar-refractivity contribution in [3.8, 4) is 0 Å². The Bertz CT molecular complexity index is 226. The van der Waals surface area contributed by atoms with Gasteiger partial charge in [0, 0.05) is 13.0 Å². The Balaban J connectivity index is 2.10. The summed E-state index contributed by atoms with van der Waals surface area (Å²) in [6.07, 6.45) is 4.63. The minimum absolute atomic E-state index is 0.265. The van der Waals surface area contributed by atoms with E-state index in [1.165, 1.54) is 19.3 Å². The van der Waals surface area contributed by atoms with Crippen LogP contribution < -0.4 is 5.32 Å². The van der Waals surface area contributed by atoms with E-state index < -0.39 is 0 Å². The van der Waals surface area contributed by atoms with Gasteiger partial charge in [-0.2, -0.15) is 0 Å². The molecule has 0 aromatic carbocycles. The molecule has 2 fully saturated rings. The lowest BCUT2D eigenvalue weighted by Gasteiger charge is -2.40. The zero-order valence-electron chi connectivity index (χ0n) is 8.60. The van der Waals surface area contributed by atoms with Crippen molar-refractivity contribution in [2.24, 2.45) is 17.3 Å². The number of nitrogens with one attached hydrogen (secondary N) is 1. The molecule has 3 unspecified atom stereocenters. The Morgan fingerprint density at radius 1 is 1.46 bits per heavy atom. The molecule has 1 heterocycles. The maximum Gasteiger partial charge on any atom is 0.220 e. The van der Waals surface area contributed by atoms with E-state index in [1.807, 2.05) is 0 Å². The minimum atomic E-state index is 0.265. The first kappa shape index (κ1) is 9.04. The lowest BCUT2D eigenvalue weighted by Crippen LogP contribution is -2.36. The molecule has 2 aliphatic rings. The summed E-state index contributed by atoms with van der Waals surface area (Å²) in [5.74, 6) is 1.84. The molecule has 1 saturated carbocycles. The van der Waals surface area contributed by atoms with E-state index in [0.717, 1.165) is 24.8 Å². The number of hydrogen-bond acceptors (Lipinski definition) is 1. The van der Waals surface area contributed by atoms with Crippen molar-refractivity contribution >= 4 is 5.91 Å². The number of amides is 1. The zero-order chi connectivity index (χ0) is 9.47. The van der Waals surface area contributed by atoms with Gasteiger partial charge in [-0.1, -0.05) is 20.3 Å². The molecule has 2 nitrogen and oxygen atoms in total. The van der Waals surface area contributed by atoms with Gasteiger partial charge in [-0.05, 0) is 30.1 Å². The van der Waals surface area contributed by atoms with Gasteiger partial charge in [0.05, 0.1) is 0 Å². The standard InChI is InChI=1S/C11H19NO/c1-8-3-4-11(9(2)5-8)6-10(13)12-7-11/h8-9H,3-7H2,1-2H3,(H,12,13). The van der Waals surface area contributed by atoms with E-state index in [4.69, 9.17) is 0 Å². The van der Waals surface area contributed by atoms with Crippen LogP contribution in [-0.4, -0.2) is 12.5 Å². The van der Waals surface area contributed by atoms with Crippen LogP contribution in [0.15, 0.2) is 0 Å². The Kier molecular flexibility index (Phi) is 2.09. The topological polar surface area (TPSA) is 29.1 Å². The molecule has 0 aromatic heterocycles. The van der Waals surface area contributed by atoms with Crippen molar-refractivity contribution in [3.63, 3.8) is 0 Å². The number of hydrogen-bond donors (Lipinski definition) is 1. The van der Waals surface area contributed by atoms with Gasteiger partial charge in [-0.15, -0.1) is 0 Å². The van der Waals surface area contributed by atoms with Gasteiger partial charge >= 0.3 is 0 Å². The Hall–Kier alpha value is -0.530. The summed E-state index contributed by atoms with van der Waals surface area (Å²) >= 11 is 0. The third-order valence-electron chi connectivity index (χ3n) is 4.09. The van der Waals surface area contributed by atoms with Gasteiger partial charge in [0.25, 0.3) is 0 Å². The van der Waals surface area contributed by atoms with Crippen LogP contribution in [0.25, 0.3) is 0 Å². The van der Waals surface area contributed by atoms with Crippen molar-refractivity contribution < 1.29 is 4.79 Å². The smallest absolute Gasteiger partial charge is 0.220 e. The van der Waals surface area contributed by atoms with Gasteiger partial charge in [0.2, 0.25) is 5.91 Å². The maximum absolute atomic E-state index is 11.2. The summed E-state index contributed by atoms with van der Waals surface area (Å²) in [6.45, 7) is 5.57. The van der Waals surface area contributed by atoms with Crippen LogP contribution in [0.5, 0.6) is 0 Å². The first-order chi connectivity index (χ1) is 6.12. The number of rotatable bonds is 0. The summed E-state index contributed by atoms with van der Waals surface area (Å²) in [7, 11) is 0. The second-order valence-electron chi connectivity index (χ2n) is 5.10. The minimum Gasteiger partial charge on any atom is -0.356 e. The van der Waals surface area contributed by atoms with E-state index in [0.29, 0.717) is 5.41 Å². The van der Waals surface area contributed by atoms with Crippen molar-refractivity contribution in [1.82, 2.24) is 5.32 Å². The third-order valence-corrected chi connectivity index (χ3v) is 4.09. The predicted octanol–water partition coefficient (Wildman–Crippen LogP) is 1.95. The van der Waals surface area contributed by atoms with Crippen LogP contribution >= 0.6 is 0 Å².